The lowest BCUT2D eigenvalue weighted by atomic mass is 9.97. The normalized spacial score (nSPS) is 11.7. The van der Waals surface area contributed by atoms with Crippen molar-refractivity contribution in [1.29, 1.82) is 0 Å². The molecule has 2 aromatic carbocycles. The lowest BCUT2D eigenvalue weighted by Crippen LogP contribution is -2.34. The van der Waals surface area contributed by atoms with Gasteiger partial charge >= 0.3 is 0 Å². The smallest absolute Gasteiger partial charge is 0.257 e. The van der Waals surface area contributed by atoms with Gasteiger partial charge in [0.1, 0.15) is 5.75 Å². The molecule has 0 aliphatic carbocycles. The van der Waals surface area contributed by atoms with Gasteiger partial charge in [-0.25, -0.2) is 0 Å². The number of para-hydroxylation sites is 1. The second-order valence-corrected chi connectivity index (χ2v) is 7.45. The number of rotatable bonds is 7. The summed E-state index contributed by atoms with van der Waals surface area (Å²) < 4.78 is 5.68. The average Bonchev–Trinajstić information content (AvgIpc) is 2.66. The number of amides is 1. The molecule has 0 heterocycles. The zero-order chi connectivity index (χ0) is 19.8. The highest BCUT2D eigenvalue weighted by atomic mass is 32.1. The van der Waals surface area contributed by atoms with Crippen molar-refractivity contribution in [2.24, 2.45) is 5.92 Å². The second kappa shape index (κ2) is 10.1. The molecule has 0 bridgehead atoms. The molecule has 1 atom stereocenters. The van der Waals surface area contributed by atoms with Crippen molar-refractivity contribution in [3.8, 4) is 5.75 Å². The van der Waals surface area contributed by atoms with Gasteiger partial charge in [-0.3, -0.25) is 10.1 Å². The number of carbonyl (C=O) groups is 1. The monoisotopic (exact) mass is 384 g/mol. The Morgan fingerprint density at radius 1 is 1.11 bits per heavy atom. The second-order valence-electron chi connectivity index (χ2n) is 7.04. The van der Waals surface area contributed by atoms with Crippen LogP contribution in [0.2, 0.25) is 0 Å². The topological polar surface area (TPSA) is 50.4 Å². The summed E-state index contributed by atoms with van der Waals surface area (Å²) in [6.07, 6.45) is 1.03. The van der Waals surface area contributed by atoms with Gasteiger partial charge in [0, 0.05) is 11.3 Å². The number of thiocarbonyl (C=S) groups is 1. The minimum absolute atomic E-state index is 0.261. The van der Waals surface area contributed by atoms with Crippen LogP contribution in [0.15, 0.2) is 48.5 Å². The van der Waals surface area contributed by atoms with E-state index in [9.17, 15) is 4.79 Å². The molecule has 2 rings (SSSR count). The Labute approximate surface area is 167 Å². The molecule has 0 saturated carbocycles. The van der Waals surface area contributed by atoms with E-state index in [1.165, 1.54) is 5.56 Å². The predicted octanol–water partition coefficient (Wildman–Crippen LogP) is 5.36. The SMILES string of the molecule is CC[C@H](C)c1ccccc1NC(=S)NC(=O)c1cccc(OCC(C)C)c1. The van der Waals surface area contributed by atoms with Gasteiger partial charge in [0.25, 0.3) is 5.91 Å². The first-order valence-electron chi connectivity index (χ1n) is 9.34. The van der Waals surface area contributed by atoms with Crippen LogP contribution in [0.3, 0.4) is 0 Å². The van der Waals surface area contributed by atoms with Crippen molar-refractivity contribution >= 4 is 28.9 Å². The summed E-state index contributed by atoms with van der Waals surface area (Å²) >= 11 is 5.34. The number of carbonyl (C=O) groups excluding carboxylic acids is 1. The lowest BCUT2D eigenvalue weighted by Gasteiger charge is -2.17. The maximum Gasteiger partial charge on any atom is 0.257 e. The predicted molar refractivity (Wildman–Crippen MR) is 116 cm³/mol. The molecule has 0 fully saturated rings. The molecule has 2 N–H and O–H groups in total. The fourth-order valence-corrected chi connectivity index (χ4v) is 2.78. The van der Waals surface area contributed by atoms with Crippen molar-refractivity contribution in [3.63, 3.8) is 0 Å². The molecule has 1 amide bonds. The molecule has 0 aromatic heterocycles. The Morgan fingerprint density at radius 3 is 2.56 bits per heavy atom. The largest absolute Gasteiger partial charge is 0.493 e. The number of hydrogen-bond donors (Lipinski definition) is 2. The van der Waals surface area contributed by atoms with Crippen LogP contribution < -0.4 is 15.4 Å². The molecule has 5 heteroatoms. The van der Waals surface area contributed by atoms with Gasteiger partial charge < -0.3 is 10.1 Å². The third-order valence-corrected chi connectivity index (χ3v) is 4.46. The molecule has 0 aliphatic rings. The van der Waals surface area contributed by atoms with Crippen LogP contribution in [0.4, 0.5) is 5.69 Å². The van der Waals surface area contributed by atoms with Crippen LogP contribution in [-0.2, 0) is 0 Å². The number of benzene rings is 2. The summed E-state index contributed by atoms with van der Waals surface area (Å²) in [4.78, 5) is 12.5. The zero-order valence-corrected chi connectivity index (χ0v) is 17.2. The van der Waals surface area contributed by atoms with E-state index in [1.807, 2.05) is 24.3 Å². The summed E-state index contributed by atoms with van der Waals surface area (Å²) in [6.45, 7) is 9.09. The first-order chi connectivity index (χ1) is 12.9. The van der Waals surface area contributed by atoms with E-state index < -0.39 is 0 Å². The number of ether oxygens (including phenoxy) is 1. The molecule has 0 saturated heterocycles. The fraction of sp³-hybridized carbons (Fsp3) is 0.364. The van der Waals surface area contributed by atoms with E-state index in [0.29, 0.717) is 29.8 Å². The highest BCUT2D eigenvalue weighted by molar-refractivity contribution is 7.80. The molecular weight excluding hydrogens is 356 g/mol. The highest BCUT2D eigenvalue weighted by Crippen LogP contribution is 2.26. The first-order valence-corrected chi connectivity index (χ1v) is 9.75. The van der Waals surface area contributed by atoms with Gasteiger partial charge in [0.05, 0.1) is 6.61 Å². The summed E-state index contributed by atoms with van der Waals surface area (Å²) in [6, 6.07) is 15.1. The molecule has 0 unspecified atom stereocenters. The Bertz CT molecular complexity index is 789. The third kappa shape index (κ3) is 6.36. The molecule has 27 heavy (non-hydrogen) atoms. The van der Waals surface area contributed by atoms with Crippen LogP contribution in [0.25, 0.3) is 0 Å². The van der Waals surface area contributed by atoms with Gasteiger partial charge in [-0.15, -0.1) is 0 Å². The van der Waals surface area contributed by atoms with Crippen molar-refractivity contribution in [3.05, 3.63) is 59.7 Å². The molecule has 2 aromatic rings. The Balaban J connectivity index is 2.02. The number of hydrogen-bond acceptors (Lipinski definition) is 3. The number of nitrogens with one attached hydrogen (secondary N) is 2. The molecule has 4 nitrogen and oxygen atoms in total. The van der Waals surface area contributed by atoms with Crippen LogP contribution in [0.5, 0.6) is 5.75 Å². The molecule has 0 aliphatic heterocycles. The van der Waals surface area contributed by atoms with E-state index in [0.717, 1.165) is 12.1 Å². The maximum absolute atomic E-state index is 12.5. The minimum Gasteiger partial charge on any atom is -0.493 e. The van der Waals surface area contributed by atoms with E-state index in [-0.39, 0.29) is 11.0 Å². The third-order valence-electron chi connectivity index (χ3n) is 4.26. The van der Waals surface area contributed by atoms with E-state index in [1.54, 1.807) is 18.2 Å². The van der Waals surface area contributed by atoms with Gasteiger partial charge in [-0.1, -0.05) is 52.0 Å². The van der Waals surface area contributed by atoms with E-state index >= 15 is 0 Å². The highest BCUT2D eigenvalue weighted by Gasteiger charge is 2.12. The molecule has 0 radical (unpaired) electrons. The Hall–Kier alpha value is -2.40. The van der Waals surface area contributed by atoms with Crippen LogP contribution >= 0.6 is 12.2 Å². The average molecular weight is 385 g/mol. The maximum atomic E-state index is 12.5. The summed E-state index contributed by atoms with van der Waals surface area (Å²) in [7, 11) is 0. The fourth-order valence-electron chi connectivity index (χ4n) is 2.58. The Kier molecular flexibility index (Phi) is 7.80. The Morgan fingerprint density at radius 2 is 1.85 bits per heavy atom. The van der Waals surface area contributed by atoms with Gasteiger partial charge in [-0.05, 0) is 60.3 Å². The van der Waals surface area contributed by atoms with Crippen LogP contribution in [-0.4, -0.2) is 17.6 Å². The quantitative estimate of drug-likeness (QED) is 0.631. The standard InChI is InChI=1S/C22H28N2O2S/c1-5-16(4)19-11-6-7-12-20(19)23-22(27)24-21(25)17-9-8-10-18(13-17)26-14-15(2)3/h6-13,15-16H,5,14H2,1-4H3,(H2,23,24,25,27)/t16-/m0/s1. The summed E-state index contributed by atoms with van der Waals surface area (Å²) in [5.41, 5.74) is 2.61. The summed E-state index contributed by atoms with van der Waals surface area (Å²) in [5, 5.41) is 6.18. The van der Waals surface area contributed by atoms with Crippen LogP contribution in [0.1, 0.15) is 56.0 Å². The zero-order valence-electron chi connectivity index (χ0n) is 16.4. The van der Waals surface area contributed by atoms with Crippen LogP contribution in [0, 0.1) is 5.92 Å². The molecular formula is C22H28N2O2S. The number of anilines is 1. The lowest BCUT2D eigenvalue weighted by molar-refractivity contribution is 0.0977. The van der Waals surface area contributed by atoms with Gasteiger partial charge in [0.2, 0.25) is 0 Å². The minimum atomic E-state index is -0.261. The van der Waals surface area contributed by atoms with Crippen molar-refractivity contribution in [2.75, 3.05) is 11.9 Å². The van der Waals surface area contributed by atoms with Crippen molar-refractivity contribution < 1.29 is 9.53 Å². The summed E-state index contributed by atoms with van der Waals surface area (Å²) in [5.74, 6) is 1.24. The van der Waals surface area contributed by atoms with E-state index in [4.69, 9.17) is 17.0 Å². The van der Waals surface area contributed by atoms with Crippen molar-refractivity contribution in [2.45, 2.75) is 40.0 Å². The van der Waals surface area contributed by atoms with Gasteiger partial charge in [-0.2, -0.15) is 0 Å². The molecule has 144 valence electrons. The first kappa shape index (κ1) is 20.9. The van der Waals surface area contributed by atoms with Crippen molar-refractivity contribution in [1.82, 2.24) is 5.32 Å². The van der Waals surface area contributed by atoms with Gasteiger partial charge in [0.15, 0.2) is 5.11 Å². The van der Waals surface area contributed by atoms with E-state index in [2.05, 4.69) is 44.4 Å². The molecule has 0 spiro atoms.